The standard InChI is InChI=1S/C16H32N4.HI/c1-4-11-19(5-2)13-10-18-15(17-3)20-12-9-16(14-20)7-6-8-16;/h4-14H2,1-3H3,(H,17,18);1H. The molecule has 1 heterocycles. The van der Waals surface area contributed by atoms with Crippen LogP contribution >= 0.6 is 24.0 Å². The van der Waals surface area contributed by atoms with E-state index in [0.717, 1.165) is 25.6 Å². The Balaban J connectivity index is 0.00000220. The minimum atomic E-state index is 0. The molecule has 0 bridgehead atoms. The molecule has 5 heteroatoms. The van der Waals surface area contributed by atoms with Gasteiger partial charge in [-0.2, -0.15) is 0 Å². The largest absolute Gasteiger partial charge is 0.355 e. The number of guanidine groups is 1. The number of nitrogens with one attached hydrogen (secondary N) is 1. The Bertz CT molecular complexity index is 328. The third-order valence-corrected chi connectivity index (χ3v) is 5.06. The van der Waals surface area contributed by atoms with E-state index in [4.69, 9.17) is 0 Å². The fourth-order valence-corrected chi connectivity index (χ4v) is 3.60. The summed E-state index contributed by atoms with van der Waals surface area (Å²) in [6.45, 7) is 11.4. The van der Waals surface area contributed by atoms with Gasteiger partial charge in [0.05, 0.1) is 0 Å². The smallest absolute Gasteiger partial charge is 0.193 e. The van der Waals surface area contributed by atoms with Crippen LogP contribution in [0.1, 0.15) is 46.0 Å². The maximum absolute atomic E-state index is 4.48. The predicted octanol–water partition coefficient (Wildman–Crippen LogP) is 2.79. The van der Waals surface area contributed by atoms with Crippen LogP contribution in [0.4, 0.5) is 0 Å². The van der Waals surface area contributed by atoms with Crippen molar-refractivity contribution in [3.63, 3.8) is 0 Å². The van der Waals surface area contributed by atoms with Gasteiger partial charge in [-0.1, -0.05) is 20.3 Å². The summed E-state index contributed by atoms with van der Waals surface area (Å²) in [4.78, 5) is 9.44. The second-order valence-corrected chi connectivity index (χ2v) is 6.43. The minimum Gasteiger partial charge on any atom is -0.355 e. The Hall–Kier alpha value is -0.0400. The Morgan fingerprint density at radius 3 is 2.48 bits per heavy atom. The molecule has 0 aromatic heterocycles. The number of likely N-dealkylation sites (N-methyl/N-ethyl adjacent to an activating group) is 1. The molecule has 1 N–H and O–H groups in total. The highest BCUT2D eigenvalue weighted by atomic mass is 127. The summed E-state index contributed by atoms with van der Waals surface area (Å²) in [5.74, 6) is 1.11. The van der Waals surface area contributed by atoms with Crippen LogP contribution in [-0.4, -0.2) is 62.1 Å². The van der Waals surface area contributed by atoms with Crippen LogP contribution in [0.5, 0.6) is 0 Å². The highest BCUT2D eigenvalue weighted by Gasteiger charge is 2.43. The Labute approximate surface area is 147 Å². The lowest BCUT2D eigenvalue weighted by Gasteiger charge is -2.38. The molecule has 2 rings (SSSR count). The quantitative estimate of drug-likeness (QED) is 0.417. The molecule has 0 atom stereocenters. The molecule has 0 aromatic carbocycles. The van der Waals surface area contributed by atoms with Gasteiger partial charge in [-0.15, -0.1) is 24.0 Å². The first-order valence-electron chi connectivity index (χ1n) is 8.41. The molecule has 1 saturated carbocycles. The van der Waals surface area contributed by atoms with Crippen molar-refractivity contribution in [2.24, 2.45) is 10.4 Å². The summed E-state index contributed by atoms with van der Waals surface area (Å²) < 4.78 is 0. The number of rotatable bonds is 6. The molecule has 124 valence electrons. The third-order valence-electron chi connectivity index (χ3n) is 5.06. The Morgan fingerprint density at radius 2 is 2.00 bits per heavy atom. The van der Waals surface area contributed by atoms with Gasteiger partial charge in [0.15, 0.2) is 5.96 Å². The molecule has 2 aliphatic rings. The van der Waals surface area contributed by atoms with Gasteiger partial charge in [-0.3, -0.25) is 4.99 Å². The van der Waals surface area contributed by atoms with Crippen molar-refractivity contribution in [1.29, 1.82) is 0 Å². The highest BCUT2D eigenvalue weighted by molar-refractivity contribution is 14.0. The topological polar surface area (TPSA) is 30.9 Å². The van der Waals surface area contributed by atoms with Crippen molar-refractivity contribution < 1.29 is 0 Å². The molecule has 1 aliphatic carbocycles. The monoisotopic (exact) mass is 408 g/mol. The van der Waals surface area contributed by atoms with Gasteiger partial charge >= 0.3 is 0 Å². The molecule has 21 heavy (non-hydrogen) atoms. The Morgan fingerprint density at radius 1 is 1.24 bits per heavy atom. The molecule has 0 radical (unpaired) electrons. The van der Waals surface area contributed by atoms with Crippen molar-refractivity contribution in [2.75, 3.05) is 46.3 Å². The van der Waals surface area contributed by atoms with Gasteiger partial charge < -0.3 is 15.1 Å². The number of likely N-dealkylation sites (tertiary alicyclic amines) is 1. The molecule has 1 spiro atoms. The number of halogens is 1. The van der Waals surface area contributed by atoms with Gasteiger partial charge in [0, 0.05) is 33.2 Å². The average molecular weight is 408 g/mol. The Kier molecular flexibility index (Phi) is 8.31. The third kappa shape index (κ3) is 4.98. The number of aliphatic imine (C=N–C) groups is 1. The number of nitrogens with zero attached hydrogens (tertiary/aromatic N) is 3. The van der Waals surface area contributed by atoms with Crippen molar-refractivity contribution in [3.05, 3.63) is 0 Å². The van der Waals surface area contributed by atoms with Crippen molar-refractivity contribution >= 4 is 29.9 Å². The molecule has 0 unspecified atom stereocenters. The molecule has 1 aliphatic heterocycles. The zero-order chi connectivity index (χ0) is 14.4. The maximum Gasteiger partial charge on any atom is 0.193 e. The fourth-order valence-electron chi connectivity index (χ4n) is 3.60. The van der Waals surface area contributed by atoms with Crippen LogP contribution in [0.25, 0.3) is 0 Å². The summed E-state index contributed by atoms with van der Waals surface area (Å²) in [6.07, 6.45) is 6.89. The van der Waals surface area contributed by atoms with Crippen LogP contribution in [0.2, 0.25) is 0 Å². The normalized spacial score (nSPS) is 20.6. The van der Waals surface area contributed by atoms with Gasteiger partial charge in [-0.05, 0) is 44.2 Å². The van der Waals surface area contributed by atoms with Gasteiger partial charge in [-0.25, -0.2) is 0 Å². The van der Waals surface area contributed by atoms with E-state index in [9.17, 15) is 0 Å². The van der Waals surface area contributed by atoms with Crippen molar-refractivity contribution in [1.82, 2.24) is 15.1 Å². The first-order chi connectivity index (χ1) is 9.73. The number of hydrogen-bond donors (Lipinski definition) is 1. The van der Waals surface area contributed by atoms with Gasteiger partial charge in [0.1, 0.15) is 0 Å². The second kappa shape index (κ2) is 9.18. The number of hydrogen-bond acceptors (Lipinski definition) is 2. The molecule has 0 amide bonds. The van der Waals surface area contributed by atoms with Crippen LogP contribution in [0.3, 0.4) is 0 Å². The zero-order valence-electron chi connectivity index (χ0n) is 14.0. The van der Waals surface area contributed by atoms with Crippen LogP contribution in [0, 0.1) is 5.41 Å². The lowest BCUT2D eigenvalue weighted by Crippen LogP contribution is -2.45. The van der Waals surface area contributed by atoms with E-state index < -0.39 is 0 Å². The molecule has 4 nitrogen and oxygen atoms in total. The summed E-state index contributed by atoms with van der Waals surface area (Å²) in [5, 5.41) is 3.55. The lowest BCUT2D eigenvalue weighted by molar-refractivity contribution is 0.151. The average Bonchev–Trinajstić information content (AvgIpc) is 2.87. The van der Waals surface area contributed by atoms with Crippen molar-refractivity contribution in [3.8, 4) is 0 Å². The second-order valence-electron chi connectivity index (χ2n) is 6.43. The molecule has 2 fully saturated rings. The minimum absolute atomic E-state index is 0. The fraction of sp³-hybridized carbons (Fsp3) is 0.938. The SMILES string of the molecule is CCCN(CC)CCNC(=NC)N1CCC2(CCC2)C1.I. The summed E-state index contributed by atoms with van der Waals surface area (Å²) in [5.41, 5.74) is 0.648. The van der Waals surface area contributed by atoms with E-state index in [1.54, 1.807) is 0 Å². The van der Waals surface area contributed by atoms with Gasteiger partial charge in [0.25, 0.3) is 0 Å². The van der Waals surface area contributed by atoms with E-state index in [1.165, 1.54) is 51.7 Å². The molecular weight excluding hydrogens is 375 g/mol. The van der Waals surface area contributed by atoms with Crippen LogP contribution in [0.15, 0.2) is 4.99 Å². The van der Waals surface area contributed by atoms with E-state index in [0.29, 0.717) is 5.41 Å². The summed E-state index contributed by atoms with van der Waals surface area (Å²) in [7, 11) is 1.91. The molecule has 0 aromatic rings. The summed E-state index contributed by atoms with van der Waals surface area (Å²) >= 11 is 0. The van der Waals surface area contributed by atoms with E-state index in [-0.39, 0.29) is 24.0 Å². The summed E-state index contributed by atoms with van der Waals surface area (Å²) in [6, 6.07) is 0. The van der Waals surface area contributed by atoms with Gasteiger partial charge in [0.2, 0.25) is 0 Å². The van der Waals surface area contributed by atoms with Crippen LogP contribution < -0.4 is 5.32 Å². The highest BCUT2D eigenvalue weighted by Crippen LogP contribution is 2.47. The predicted molar refractivity (Wildman–Crippen MR) is 102 cm³/mol. The lowest BCUT2D eigenvalue weighted by atomic mass is 9.68. The van der Waals surface area contributed by atoms with Crippen LogP contribution in [-0.2, 0) is 0 Å². The molecular formula is C16H33IN4. The maximum atomic E-state index is 4.48. The molecule has 1 saturated heterocycles. The zero-order valence-corrected chi connectivity index (χ0v) is 16.4. The first kappa shape index (κ1) is 19.0. The first-order valence-corrected chi connectivity index (χ1v) is 8.41. The van der Waals surface area contributed by atoms with E-state index in [1.807, 2.05) is 7.05 Å². The van der Waals surface area contributed by atoms with Crippen molar-refractivity contribution in [2.45, 2.75) is 46.0 Å². The van der Waals surface area contributed by atoms with E-state index >= 15 is 0 Å². The van der Waals surface area contributed by atoms with E-state index in [2.05, 4.69) is 34.0 Å².